The predicted molar refractivity (Wildman–Crippen MR) is 74.5 cm³/mol. The zero-order chi connectivity index (χ0) is 12.8. The lowest BCUT2D eigenvalue weighted by molar-refractivity contribution is 0.179. The highest BCUT2D eigenvalue weighted by molar-refractivity contribution is 5.08. The molecule has 0 amide bonds. The molecular weight excluding hydrogens is 224 g/mol. The van der Waals surface area contributed by atoms with Crippen LogP contribution >= 0.6 is 0 Å². The van der Waals surface area contributed by atoms with Crippen LogP contribution in [0.4, 0.5) is 0 Å². The normalized spacial score (nSPS) is 22.9. The molecule has 1 aromatic heterocycles. The molecule has 0 spiro atoms. The Morgan fingerprint density at radius 2 is 2.33 bits per heavy atom. The SMILES string of the molecule is CNCC1CN(C)CCCN1Cc1cccnc1. The van der Waals surface area contributed by atoms with E-state index in [1.165, 1.54) is 25.1 Å². The summed E-state index contributed by atoms with van der Waals surface area (Å²) in [7, 11) is 4.25. The summed E-state index contributed by atoms with van der Waals surface area (Å²) in [5, 5.41) is 3.32. The molecular formula is C14H24N4. The van der Waals surface area contributed by atoms with Crippen LogP contribution in [0.25, 0.3) is 0 Å². The summed E-state index contributed by atoms with van der Waals surface area (Å²) < 4.78 is 0. The van der Waals surface area contributed by atoms with Crippen molar-refractivity contribution in [3.8, 4) is 0 Å². The van der Waals surface area contributed by atoms with Gasteiger partial charge in [0.25, 0.3) is 0 Å². The molecule has 1 aromatic rings. The maximum absolute atomic E-state index is 4.21. The molecule has 1 N–H and O–H groups in total. The zero-order valence-electron chi connectivity index (χ0n) is 11.5. The number of pyridine rings is 1. The van der Waals surface area contributed by atoms with E-state index in [4.69, 9.17) is 0 Å². The minimum atomic E-state index is 0.586. The van der Waals surface area contributed by atoms with Crippen molar-refractivity contribution < 1.29 is 0 Å². The number of hydrogen-bond donors (Lipinski definition) is 1. The highest BCUT2D eigenvalue weighted by Crippen LogP contribution is 2.12. The number of aromatic nitrogens is 1. The van der Waals surface area contributed by atoms with Gasteiger partial charge in [0, 0.05) is 44.6 Å². The van der Waals surface area contributed by atoms with Gasteiger partial charge in [0.05, 0.1) is 0 Å². The van der Waals surface area contributed by atoms with Crippen LogP contribution in [-0.4, -0.2) is 61.1 Å². The molecule has 100 valence electrons. The molecule has 0 saturated carbocycles. The van der Waals surface area contributed by atoms with Crippen molar-refractivity contribution in [1.82, 2.24) is 20.1 Å². The Labute approximate surface area is 110 Å². The van der Waals surface area contributed by atoms with Gasteiger partial charge in [-0.05, 0) is 38.7 Å². The topological polar surface area (TPSA) is 31.4 Å². The number of rotatable bonds is 4. The lowest BCUT2D eigenvalue weighted by Gasteiger charge is -2.30. The van der Waals surface area contributed by atoms with Gasteiger partial charge in [-0.3, -0.25) is 9.88 Å². The highest BCUT2D eigenvalue weighted by Gasteiger charge is 2.22. The quantitative estimate of drug-likeness (QED) is 0.854. The fourth-order valence-corrected chi connectivity index (χ4v) is 2.66. The van der Waals surface area contributed by atoms with Gasteiger partial charge in [0.15, 0.2) is 0 Å². The molecule has 0 aliphatic carbocycles. The first-order valence-electron chi connectivity index (χ1n) is 6.75. The fourth-order valence-electron chi connectivity index (χ4n) is 2.66. The first-order chi connectivity index (χ1) is 8.79. The molecule has 18 heavy (non-hydrogen) atoms. The van der Waals surface area contributed by atoms with Gasteiger partial charge in [-0.1, -0.05) is 6.07 Å². The van der Waals surface area contributed by atoms with Crippen LogP contribution in [0.1, 0.15) is 12.0 Å². The van der Waals surface area contributed by atoms with E-state index < -0.39 is 0 Å². The lowest BCUT2D eigenvalue weighted by atomic mass is 10.2. The van der Waals surface area contributed by atoms with Crippen LogP contribution in [0.15, 0.2) is 24.5 Å². The second-order valence-corrected chi connectivity index (χ2v) is 5.16. The average molecular weight is 248 g/mol. The summed E-state index contributed by atoms with van der Waals surface area (Å²) in [5.41, 5.74) is 1.31. The Hall–Kier alpha value is -0.970. The van der Waals surface area contributed by atoms with E-state index in [0.29, 0.717) is 6.04 Å². The van der Waals surface area contributed by atoms with E-state index in [9.17, 15) is 0 Å². The molecule has 0 aromatic carbocycles. The van der Waals surface area contributed by atoms with Crippen LogP contribution in [-0.2, 0) is 6.54 Å². The van der Waals surface area contributed by atoms with E-state index >= 15 is 0 Å². The van der Waals surface area contributed by atoms with Gasteiger partial charge < -0.3 is 10.2 Å². The van der Waals surface area contributed by atoms with Gasteiger partial charge in [-0.25, -0.2) is 0 Å². The zero-order valence-corrected chi connectivity index (χ0v) is 11.5. The molecule has 1 atom stereocenters. The third kappa shape index (κ3) is 3.77. The second-order valence-electron chi connectivity index (χ2n) is 5.16. The minimum Gasteiger partial charge on any atom is -0.318 e. The molecule has 1 aliphatic rings. The summed E-state index contributed by atoms with van der Waals surface area (Å²) in [6.07, 6.45) is 5.06. The Kier molecular flexibility index (Phi) is 5.11. The third-order valence-electron chi connectivity index (χ3n) is 3.57. The molecule has 1 aliphatic heterocycles. The molecule has 0 bridgehead atoms. The number of hydrogen-bond acceptors (Lipinski definition) is 4. The molecule has 4 heteroatoms. The predicted octanol–water partition coefficient (Wildman–Crippen LogP) is 0.807. The monoisotopic (exact) mass is 248 g/mol. The average Bonchev–Trinajstić information content (AvgIpc) is 2.54. The molecule has 1 unspecified atom stereocenters. The van der Waals surface area contributed by atoms with Crippen LogP contribution in [0.3, 0.4) is 0 Å². The smallest absolute Gasteiger partial charge is 0.0351 e. The molecule has 1 fully saturated rings. The van der Waals surface area contributed by atoms with Crippen molar-refractivity contribution in [2.45, 2.75) is 19.0 Å². The van der Waals surface area contributed by atoms with Crippen molar-refractivity contribution in [1.29, 1.82) is 0 Å². The third-order valence-corrected chi connectivity index (χ3v) is 3.57. The van der Waals surface area contributed by atoms with E-state index in [-0.39, 0.29) is 0 Å². The Balaban J connectivity index is 2.02. The number of likely N-dealkylation sites (N-methyl/N-ethyl adjacent to an activating group) is 2. The van der Waals surface area contributed by atoms with Gasteiger partial charge in [0.2, 0.25) is 0 Å². The van der Waals surface area contributed by atoms with E-state index in [2.05, 4.69) is 33.2 Å². The van der Waals surface area contributed by atoms with E-state index in [1.54, 1.807) is 0 Å². The van der Waals surface area contributed by atoms with Crippen LogP contribution < -0.4 is 5.32 Å². The molecule has 1 saturated heterocycles. The standard InChI is InChI=1S/C14H24N4/c1-15-10-14-12-17(2)7-4-8-18(14)11-13-5-3-6-16-9-13/h3,5-6,9,14-15H,4,7-8,10-12H2,1-2H3. The van der Waals surface area contributed by atoms with E-state index in [0.717, 1.165) is 19.6 Å². The van der Waals surface area contributed by atoms with Crippen molar-refractivity contribution in [2.24, 2.45) is 0 Å². The molecule has 2 heterocycles. The van der Waals surface area contributed by atoms with Crippen molar-refractivity contribution in [3.63, 3.8) is 0 Å². The second kappa shape index (κ2) is 6.83. The van der Waals surface area contributed by atoms with Crippen molar-refractivity contribution >= 4 is 0 Å². The van der Waals surface area contributed by atoms with Crippen LogP contribution in [0.2, 0.25) is 0 Å². The van der Waals surface area contributed by atoms with Crippen molar-refractivity contribution in [2.75, 3.05) is 40.3 Å². The first kappa shape index (κ1) is 13.5. The summed E-state index contributed by atoms with van der Waals surface area (Å²) in [6.45, 7) is 5.56. The van der Waals surface area contributed by atoms with Crippen LogP contribution in [0, 0.1) is 0 Å². The molecule has 0 radical (unpaired) electrons. The molecule has 2 rings (SSSR count). The van der Waals surface area contributed by atoms with E-state index in [1.807, 2.05) is 25.5 Å². The summed E-state index contributed by atoms with van der Waals surface area (Å²) in [5.74, 6) is 0. The maximum Gasteiger partial charge on any atom is 0.0351 e. The lowest BCUT2D eigenvalue weighted by Crippen LogP contribution is -2.45. The maximum atomic E-state index is 4.21. The van der Waals surface area contributed by atoms with Crippen LogP contribution in [0.5, 0.6) is 0 Å². The van der Waals surface area contributed by atoms with Gasteiger partial charge in [-0.2, -0.15) is 0 Å². The van der Waals surface area contributed by atoms with Gasteiger partial charge in [0.1, 0.15) is 0 Å². The van der Waals surface area contributed by atoms with Crippen molar-refractivity contribution in [3.05, 3.63) is 30.1 Å². The summed E-state index contributed by atoms with van der Waals surface area (Å²) in [4.78, 5) is 9.22. The Morgan fingerprint density at radius 1 is 1.44 bits per heavy atom. The van der Waals surface area contributed by atoms with Gasteiger partial charge in [-0.15, -0.1) is 0 Å². The van der Waals surface area contributed by atoms with Gasteiger partial charge >= 0.3 is 0 Å². The minimum absolute atomic E-state index is 0.586. The first-order valence-corrected chi connectivity index (χ1v) is 6.75. The Bertz CT molecular complexity index is 341. The molecule has 4 nitrogen and oxygen atoms in total. The number of nitrogens with zero attached hydrogens (tertiary/aromatic N) is 3. The summed E-state index contributed by atoms with van der Waals surface area (Å²) in [6, 6.07) is 4.77. The summed E-state index contributed by atoms with van der Waals surface area (Å²) >= 11 is 0. The highest BCUT2D eigenvalue weighted by atomic mass is 15.2. The largest absolute Gasteiger partial charge is 0.318 e. The number of nitrogens with one attached hydrogen (secondary N) is 1. The Morgan fingerprint density at radius 3 is 3.06 bits per heavy atom. The fraction of sp³-hybridized carbons (Fsp3) is 0.643.